The summed E-state index contributed by atoms with van der Waals surface area (Å²) >= 11 is 10.7. The zero-order valence-electron chi connectivity index (χ0n) is 27.0. The highest BCUT2D eigenvalue weighted by Crippen LogP contribution is 2.38. The molecule has 0 aliphatic carbocycles. The predicted octanol–water partition coefficient (Wildman–Crippen LogP) is 8.21. The first kappa shape index (κ1) is 38.4. The highest BCUT2D eigenvalue weighted by atomic mass is 35.5. The van der Waals surface area contributed by atoms with Crippen LogP contribution in [0.2, 0.25) is 10.0 Å². The number of halogens is 8. The third-order valence-electron chi connectivity index (χ3n) is 8.06. The monoisotopic (exact) mass is 813 g/mol. The summed E-state index contributed by atoms with van der Waals surface area (Å²) in [5.74, 6) is 5.01. The maximum atomic E-state index is 14.0. The Hall–Kier alpha value is -4.31. The minimum Gasteiger partial charge on any atom is -0.754 e. The van der Waals surface area contributed by atoms with Crippen LogP contribution in [0, 0.1) is 11.8 Å². The topological polar surface area (TPSA) is 98.5 Å². The number of hydrogen-bond acceptors (Lipinski definition) is 6. The molecular weight excluding hydrogens is 789 g/mol. The smallest absolute Gasteiger partial charge is 0.417 e. The summed E-state index contributed by atoms with van der Waals surface area (Å²) in [7, 11) is 0. The van der Waals surface area contributed by atoms with Gasteiger partial charge in [-0.05, 0) is 73.5 Å². The quantitative estimate of drug-likeness (QED) is 0.0968. The van der Waals surface area contributed by atoms with Gasteiger partial charge >= 0.3 is 12.4 Å². The summed E-state index contributed by atoms with van der Waals surface area (Å²) < 4.78 is 108. The van der Waals surface area contributed by atoms with Crippen LogP contribution in [0.3, 0.4) is 0 Å². The lowest BCUT2D eigenvalue weighted by Gasteiger charge is -2.28. The minimum atomic E-state index is -4.77. The molecule has 19 heteroatoms. The van der Waals surface area contributed by atoms with Crippen molar-refractivity contribution in [2.45, 2.75) is 38.2 Å². The standard InChI is InChI=1S/C34H26Cl2F6N6O3S2/c35-24-9-12-28(27(36)18-24)48-31(29-13-11-25(52-29)10-6-21-4-7-22(8-5-21)33(37,38)39)26(30(43-48)32(49)44-45-15-2-1-3-16-45)20-47(53(50)51)46-17-14-23(19-46)34(40,41)42/h4-5,7-9,11-14,17-19H,1-3,15-16,20H2,(H,44,49)(H,50,51)/p-1. The van der Waals surface area contributed by atoms with Gasteiger partial charge in [0, 0.05) is 41.6 Å². The average molecular weight is 815 g/mol. The molecule has 1 fully saturated rings. The number of carbonyl (C=O) groups is 1. The first-order valence-electron chi connectivity index (χ1n) is 15.6. The van der Waals surface area contributed by atoms with Crippen LogP contribution >= 0.6 is 34.5 Å². The third-order valence-corrected chi connectivity index (χ3v) is 10.3. The second kappa shape index (κ2) is 15.6. The molecule has 1 N–H and O–H groups in total. The first-order valence-corrected chi connectivity index (χ1v) is 18.2. The van der Waals surface area contributed by atoms with Crippen molar-refractivity contribution in [3.05, 3.63) is 116 Å². The molecule has 53 heavy (non-hydrogen) atoms. The number of aromatic nitrogens is 3. The Kier molecular flexibility index (Phi) is 11.3. The van der Waals surface area contributed by atoms with Crippen LogP contribution in [0.25, 0.3) is 16.3 Å². The van der Waals surface area contributed by atoms with Gasteiger partial charge in [-0.25, -0.2) is 14.1 Å². The van der Waals surface area contributed by atoms with E-state index in [4.69, 9.17) is 23.2 Å². The Morgan fingerprint density at radius 2 is 1.64 bits per heavy atom. The number of hydrazine groups is 1. The lowest BCUT2D eigenvalue weighted by Crippen LogP contribution is -2.45. The van der Waals surface area contributed by atoms with Gasteiger partial charge in [0.25, 0.3) is 5.91 Å². The van der Waals surface area contributed by atoms with E-state index in [1.165, 1.54) is 35.0 Å². The molecule has 1 saturated heterocycles. The van der Waals surface area contributed by atoms with Crippen LogP contribution < -0.4 is 9.84 Å². The molecule has 9 nitrogen and oxygen atoms in total. The molecule has 0 radical (unpaired) electrons. The van der Waals surface area contributed by atoms with Crippen molar-refractivity contribution in [2.75, 3.05) is 17.5 Å². The number of thiophene rings is 1. The Morgan fingerprint density at radius 1 is 0.943 bits per heavy atom. The Balaban J connectivity index is 1.50. The summed E-state index contributed by atoms with van der Waals surface area (Å²) in [4.78, 5) is 14.8. The molecule has 5 aromatic rings. The second-order valence-electron chi connectivity index (χ2n) is 11.7. The molecule has 4 heterocycles. The lowest BCUT2D eigenvalue weighted by atomic mass is 10.1. The molecule has 0 spiro atoms. The molecule has 1 atom stereocenters. The van der Waals surface area contributed by atoms with E-state index >= 15 is 0 Å². The normalized spacial score (nSPS) is 14.4. The van der Waals surface area contributed by atoms with Crippen LogP contribution in [0.5, 0.6) is 0 Å². The molecule has 1 amide bonds. The van der Waals surface area contributed by atoms with Gasteiger partial charge in [-0.2, -0.15) is 31.4 Å². The Bertz CT molecular complexity index is 2220. The number of nitrogens with one attached hydrogen (secondary N) is 1. The van der Waals surface area contributed by atoms with Crippen LogP contribution in [0.15, 0.2) is 73.1 Å². The van der Waals surface area contributed by atoms with Gasteiger partial charge in [0.05, 0.1) is 55.1 Å². The molecule has 3 aromatic heterocycles. The zero-order chi connectivity index (χ0) is 38.1. The van der Waals surface area contributed by atoms with Crippen molar-refractivity contribution in [3.8, 4) is 28.1 Å². The number of alkyl halides is 6. The van der Waals surface area contributed by atoms with Crippen LogP contribution in [-0.4, -0.2) is 47.2 Å². The van der Waals surface area contributed by atoms with E-state index in [0.717, 1.165) is 53.6 Å². The van der Waals surface area contributed by atoms with Crippen molar-refractivity contribution in [2.24, 2.45) is 0 Å². The second-order valence-corrected chi connectivity index (χ2v) is 14.4. The molecule has 1 aliphatic rings. The Morgan fingerprint density at radius 3 is 2.26 bits per heavy atom. The van der Waals surface area contributed by atoms with E-state index in [0.29, 0.717) is 45.1 Å². The van der Waals surface area contributed by atoms with Gasteiger partial charge in [0.15, 0.2) is 5.69 Å². The van der Waals surface area contributed by atoms with E-state index in [9.17, 15) is 39.9 Å². The largest absolute Gasteiger partial charge is 0.754 e. The summed E-state index contributed by atoms with van der Waals surface area (Å²) in [6, 6.07) is 12.7. The molecule has 278 valence electrons. The van der Waals surface area contributed by atoms with Crippen molar-refractivity contribution in [3.63, 3.8) is 0 Å². The number of benzene rings is 2. The van der Waals surface area contributed by atoms with E-state index in [1.54, 1.807) is 17.1 Å². The Labute approximate surface area is 315 Å². The number of amides is 1. The van der Waals surface area contributed by atoms with Crippen LogP contribution in [-0.2, 0) is 30.2 Å². The maximum Gasteiger partial charge on any atom is 0.417 e. The van der Waals surface area contributed by atoms with Gasteiger partial charge in [0.1, 0.15) is 0 Å². The predicted molar refractivity (Wildman–Crippen MR) is 187 cm³/mol. The van der Waals surface area contributed by atoms with Crippen LogP contribution in [0.1, 0.15) is 56.9 Å². The number of hydrogen-bond donors (Lipinski definition) is 1. The number of carbonyl (C=O) groups excluding carboxylic acids is 1. The number of piperidine rings is 1. The fourth-order valence-electron chi connectivity index (χ4n) is 5.51. The van der Waals surface area contributed by atoms with Crippen molar-refractivity contribution in [1.82, 2.24) is 24.9 Å². The van der Waals surface area contributed by atoms with E-state index < -0.39 is 47.2 Å². The molecular formula is C34H25Cl2F6N6O3S2-. The molecule has 1 unspecified atom stereocenters. The maximum absolute atomic E-state index is 14.0. The lowest BCUT2D eigenvalue weighted by molar-refractivity contribution is -0.138. The highest BCUT2D eigenvalue weighted by molar-refractivity contribution is 7.80. The van der Waals surface area contributed by atoms with Crippen molar-refractivity contribution >= 4 is 51.7 Å². The van der Waals surface area contributed by atoms with Crippen LogP contribution in [0.4, 0.5) is 26.3 Å². The van der Waals surface area contributed by atoms with E-state index in [-0.39, 0.29) is 32.7 Å². The summed E-state index contributed by atoms with van der Waals surface area (Å²) in [5, 5.41) is 6.71. The summed E-state index contributed by atoms with van der Waals surface area (Å²) in [6.45, 7) is 0.434. The zero-order valence-corrected chi connectivity index (χ0v) is 30.1. The minimum absolute atomic E-state index is 0.0149. The average Bonchev–Trinajstić information content (AvgIpc) is 3.85. The molecule has 2 aromatic carbocycles. The SMILES string of the molecule is O=C(NN1CCCCC1)c1nn(-c2ccc(Cl)cc2Cl)c(-c2ccc(C#Cc3ccc(C(F)(F)F)cc3)s2)c1CN(n1ccc(C(F)(F)F)c1)S(=O)[O-]. The fraction of sp³-hybridized carbons (Fsp3) is 0.235. The summed E-state index contributed by atoms with van der Waals surface area (Å²) in [6.07, 6.45) is -5.16. The van der Waals surface area contributed by atoms with Gasteiger partial charge in [-0.3, -0.25) is 19.1 Å². The van der Waals surface area contributed by atoms with E-state index in [1.807, 2.05) is 0 Å². The van der Waals surface area contributed by atoms with Gasteiger partial charge in [-0.15, -0.1) is 11.3 Å². The highest BCUT2D eigenvalue weighted by Gasteiger charge is 2.34. The number of rotatable bonds is 8. The molecule has 1 aliphatic heterocycles. The third kappa shape index (κ3) is 8.91. The number of nitrogens with zero attached hydrogens (tertiary/aromatic N) is 5. The molecule has 0 saturated carbocycles. The van der Waals surface area contributed by atoms with Gasteiger partial charge < -0.3 is 4.55 Å². The van der Waals surface area contributed by atoms with Crippen molar-refractivity contribution in [1.29, 1.82) is 0 Å². The first-order chi connectivity index (χ1) is 25.1. The van der Waals surface area contributed by atoms with E-state index in [2.05, 4.69) is 22.4 Å². The van der Waals surface area contributed by atoms with Crippen molar-refractivity contribution < 1.29 is 39.9 Å². The fourth-order valence-corrected chi connectivity index (χ4v) is 7.41. The summed E-state index contributed by atoms with van der Waals surface area (Å²) in [5.41, 5.74) is 1.38. The molecule has 0 bridgehead atoms. The molecule has 6 rings (SSSR count). The van der Waals surface area contributed by atoms with Gasteiger partial charge in [0.2, 0.25) is 0 Å². The van der Waals surface area contributed by atoms with Gasteiger partial charge in [-0.1, -0.05) is 41.5 Å².